The van der Waals surface area contributed by atoms with Crippen LogP contribution in [0.25, 0.3) is 0 Å². The van der Waals surface area contributed by atoms with Crippen LogP contribution in [-0.2, 0) is 0 Å². The number of amides is 2. The van der Waals surface area contributed by atoms with E-state index in [1.54, 1.807) is 37.3 Å². The largest absolute Gasteiger partial charge is 0.496 e. The summed E-state index contributed by atoms with van der Waals surface area (Å²) in [6, 6.07) is 5.37. The number of benzene rings is 1. The van der Waals surface area contributed by atoms with E-state index >= 15 is 0 Å². The van der Waals surface area contributed by atoms with Gasteiger partial charge in [-0.1, -0.05) is 0 Å². The number of carbonyl (C=O) groups is 1. The number of nitrogens with zero attached hydrogens (tertiary/aromatic N) is 2. The van der Waals surface area contributed by atoms with Crippen LogP contribution in [-0.4, -0.2) is 76.4 Å². The number of carbonyl (C=O) groups excluding carboxylic acids is 1. The zero-order valence-electron chi connectivity index (χ0n) is 16.2. The molecule has 2 amide bonds. The van der Waals surface area contributed by atoms with Crippen LogP contribution in [0.2, 0.25) is 0 Å². The third-order valence-corrected chi connectivity index (χ3v) is 3.65. The molecule has 0 aliphatic heterocycles. The molecule has 25 heavy (non-hydrogen) atoms. The van der Waals surface area contributed by atoms with Gasteiger partial charge in [0.05, 0.1) is 20.8 Å². The van der Waals surface area contributed by atoms with Crippen molar-refractivity contribution in [1.82, 2.24) is 15.1 Å². The molecule has 0 atom stereocenters. The van der Waals surface area contributed by atoms with Gasteiger partial charge in [-0.05, 0) is 27.9 Å². The van der Waals surface area contributed by atoms with Gasteiger partial charge in [0.1, 0.15) is 23.9 Å². The van der Waals surface area contributed by atoms with Crippen molar-refractivity contribution in [3.8, 4) is 17.2 Å². The van der Waals surface area contributed by atoms with Gasteiger partial charge in [-0.3, -0.25) is 0 Å². The van der Waals surface area contributed by atoms with E-state index in [1.165, 1.54) is 0 Å². The molecule has 0 aromatic heterocycles. The first-order valence-electron chi connectivity index (χ1n) is 8.42. The van der Waals surface area contributed by atoms with Gasteiger partial charge in [0.15, 0.2) is 0 Å². The van der Waals surface area contributed by atoms with Gasteiger partial charge in [0, 0.05) is 37.3 Å². The summed E-state index contributed by atoms with van der Waals surface area (Å²) in [5, 5.41) is 2.93. The third kappa shape index (κ3) is 7.51. The Morgan fingerprint density at radius 2 is 1.60 bits per heavy atom. The van der Waals surface area contributed by atoms with Gasteiger partial charge in [0.2, 0.25) is 0 Å². The van der Waals surface area contributed by atoms with E-state index in [2.05, 4.69) is 5.32 Å². The third-order valence-electron chi connectivity index (χ3n) is 3.65. The van der Waals surface area contributed by atoms with E-state index in [-0.39, 0.29) is 12.1 Å². The minimum Gasteiger partial charge on any atom is -0.496 e. The summed E-state index contributed by atoms with van der Waals surface area (Å²) < 4.78 is 16.2. The average molecular weight is 353 g/mol. The number of likely N-dealkylation sites (N-methyl/N-ethyl adjacent to an activating group) is 1. The predicted octanol–water partition coefficient (Wildman–Crippen LogP) is 2.06. The molecule has 0 heterocycles. The van der Waals surface area contributed by atoms with E-state index in [0.29, 0.717) is 36.9 Å². The Balaban J connectivity index is 2.56. The molecule has 0 saturated heterocycles. The molecule has 0 radical (unpaired) electrons. The summed E-state index contributed by atoms with van der Waals surface area (Å²) in [5.74, 6) is 1.97. The standard InChI is InChI=1S/C18H31N3O4/c1-14(2)21(18(22)19-7-8-20(3)4)9-10-25-17-12-15(23-5)11-16(13-17)24-6/h11-14H,7-10H2,1-6H3,(H,19,22). The Kier molecular flexibility index (Phi) is 8.91. The Bertz CT molecular complexity index is 513. The highest BCUT2D eigenvalue weighted by molar-refractivity contribution is 5.74. The molecule has 0 aliphatic rings. The normalized spacial score (nSPS) is 10.7. The van der Waals surface area contributed by atoms with Crippen LogP contribution in [0.4, 0.5) is 4.79 Å². The lowest BCUT2D eigenvalue weighted by Gasteiger charge is -2.27. The maximum atomic E-state index is 12.3. The molecule has 7 heteroatoms. The number of rotatable bonds is 10. The number of urea groups is 1. The Morgan fingerprint density at radius 3 is 2.08 bits per heavy atom. The number of hydrogen-bond donors (Lipinski definition) is 1. The summed E-state index contributed by atoms with van der Waals surface area (Å²) in [6.45, 7) is 6.27. The molecule has 142 valence electrons. The summed E-state index contributed by atoms with van der Waals surface area (Å²) in [5.41, 5.74) is 0. The van der Waals surface area contributed by atoms with Crippen LogP contribution in [0.1, 0.15) is 13.8 Å². The topological polar surface area (TPSA) is 63.3 Å². The second kappa shape index (κ2) is 10.7. The molecule has 1 aromatic carbocycles. The fourth-order valence-electron chi connectivity index (χ4n) is 2.21. The summed E-state index contributed by atoms with van der Waals surface area (Å²) in [7, 11) is 7.14. The van der Waals surface area contributed by atoms with Crippen molar-refractivity contribution in [1.29, 1.82) is 0 Å². The number of ether oxygens (including phenoxy) is 3. The summed E-state index contributed by atoms with van der Waals surface area (Å²) >= 11 is 0. The first-order chi connectivity index (χ1) is 11.9. The van der Waals surface area contributed by atoms with Gasteiger partial charge in [-0.25, -0.2) is 4.79 Å². The Morgan fingerprint density at radius 1 is 1.04 bits per heavy atom. The number of methoxy groups -OCH3 is 2. The van der Waals surface area contributed by atoms with Crippen molar-refractivity contribution in [2.45, 2.75) is 19.9 Å². The maximum Gasteiger partial charge on any atom is 0.317 e. The SMILES string of the molecule is COc1cc(OC)cc(OCCN(C(=O)NCCN(C)C)C(C)C)c1. The molecule has 0 bridgehead atoms. The zero-order chi connectivity index (χ0) is 18.8. The molecule has 0 saturated carbocycles. The van der Waals surface area contributed by atoms with E-state index in [9.17, 15) is 4.79 Å². The molecule has 1 aromatic rings. The van der Waals surface area contributed by atoms with Crippen LogP contribution in [0, 0.1) is 0 Å². The highest BCUT2D eigenvalue weighted by Crippen LogP contribution is 2.27. The molecular weight excluding hydrogens is 322 g/mol. The van der Waals surface area contributed by atoms with Crippen LogP contribution in [0.5, 0.6) is 17.2 Å². The van der Waals surface area contributed by atoms with Crippen LogP contribution in [0.15, 0.2) is 18.2 Å². The zero-order valence-corrected chi connectivity index (χ0v) is 16.2. The first kappa shape index (κ1) is 20.9. The lowest BCUT2D eigenvalue weighted by molar-refractivity contribution is 0.165. The highest BCUT2D eigenvalue weighted by Gasteiger charge is 2.16. The minimum atomic E-state index is -0.0799. The van der Waals surface area contributed by atoms with Crippen LogP contribution >= 0.6 is 0 Å². The van der Waals surface area contributed by atoms with Gasteiger partial charge in [-0.2, -0.15) is 0 Å². The van der Waals surface area contributed by atoms with Gasteiger partial charge < -0.3 is 29.3 Å². The smallest absolute Gasteiger partial charge is 0.317 e. The summed E-state index contributed by atoms with van der Waals surface area (Å²) in [4.78, 5) is 16.1. The lowest BCUT2D eigenvalue weighted by atomic mass is 10.3. The highest BCUT2D eigenvalue weighted by atomic mass is 16.5. The monoisotopic (exact) mass is 353 g/mol. The molecule has 0 spiro atoms. The molecule has 1 rings (SSSR count). The van der Waals surface area contributed by atoms with Crippen molar-refractivity contribution in [2.24, 2.45) is 0 Å². The number of hydrogen-bond acceptors (Lipinski definition) is 5. The maximum absolute atomic E-state index is 12.3. The molecule has 0 unspecified atom stereocenters. The average Bonchev–Trinajstić information content (AvgIpc) is 2.57. The van der Waals surface area contributed by atoms with E-state index in [1.807, 2.05) is 32.8 Å². The van der Waals surface area contributed by atoms with E-state index < -0.39 is 0 Å². The van der Waals surface area contributed by atoms with E-state index in [0.717, 1.165) is 6.54 Å². The fourth-order valence-corrected chi connectivity index (χ4v) is 2.21. The van der Waals surface area contributed by atoms with Crippen molar-refractivity contribution in [3.05, 3.63) is 18.2 Å². The second-order valence-corrected chi connectivity index (χ2v) is 6.22. The van der Waals surface area contributed by atoms with Gasteiger partial charge in [0.25, 0.3) is 0 Å². The number of nitrogens with one attached hydrogen (secondary N) is 1. The first-order valence-corrected chi connectivity index (χ1v) is 8.42. The lowest BCUT2D eigenvalue weighted by Crippen LogP contribution is -2.47. The van der Waals surface area contributed by atoms with Crippen molar-refractivity contribution in [3.63, 3.8) is 0 Å². The second-order valence-electron chi connectivity index (χ2n) is 6.22. The van der Waals surface area contributed by atoms with Crippen molar-refractivity contribution >= 4 is 6.03 Å². The quantitative estimate of drug-likeness (QED) is 0.698. The Hall–Kier alpha value is -2.15. The van der Waals surface area contributed by atoms with Crippen molar-refractivity contribution < 1.29 is 19.0 Å². The summed E-state index contributed by atoms with van der Waals surface area (Å²) in [6.07, 6.45) is 0. The minimum absolute atomic E-state index is 0.0799. The molecule has 0 aliphatic carbocycles. The van der Waals surface area contributed by atoms with Gasteiger partial charge in [-0.15, -0.1) is 0 Å². The predicted molar refractivity (Wildman–Crippen MR) is 98.8 cm³/mol. The Labute approximate surface area is 150 Å². The van der Waals surface area contributed by atoms with Crippen LogP contribution < -0.4 is 19.5 Å². The molecule has 1 N–H and O–H groups in total. The molecule has 7 nitrogen and oxygen atoms in total. The van der Waals surface area contributed by atoms with Gasteiger partial charge >= 0.3 is 6.03 Å². The van der Waals surface area contributed by atoms with Crippen LogP contribution in [0.3, 0.4) is 0 Å². The molecular formula is C18H31N3O4. The van der Waals surface area contributed by atoms with Crippen molar-refractivity contribution in [2.75, 3.05) is 54.6 Å². The van der Waals surface area contributed by atoms with E-state index in [4.69, 9.17) is 14.2 Å². The fraction of sp³-hybridized carbons (Fsp3) is 0.611. The molecule has 0 fully saturated rings.